The van der Waals surface area contributed by atoms with E-state index < -0.39 is 0 Å². The Labute approximate surface area is 97.5 Å². The molecule has 0 radical (unpaired) electrons. The molecule has 0 fully saturated rings. The standard InChI is InChI=1S/C9H7Br2NO2/c10-5-3-4-13-9(5)8(12)6-1-2-7(11)14-6/h1-4,8H,12H2. The van der Waals surface area contributed by atoms with Crippen LogP contribution in [0.1, 0.15) is 17.6 Å². The SMILES string of the molecule is NC(c1ccc(Br)o1)c1occc1Br. The van der Waals surface area contributed by atoms with E-state index >= 15 is 0 Å². The molecule has 2 aromatic rings. The molecule has 14 heavy (non-hydrogen) atoms. The van der Waals surface area contributed by atoms with Crippen LogP contribution in [0.3, 0.4) is 0 Å². The van der Waals surface area contributed by atoms with Crippen molar-refractivity contribution in [1.29, 1.82) is 0 Å². The van der Waals surface area contributed by atoms with Crippen LogP contribution in [0.2, 0.25) is 0 Å². The summed E-state index contributed by atoms with van der Waals surface area (Å²) in [5.41, 5.74) is 5.94. The van der Waals surface area contributed by atoms with Gasteiger partial charge in [-0.05, 0) is 50.1 Å². The van der Waals surface area contributed by atoms with Gasteiger partial charge in [-0.2, -0.15) is 0 Å². The zero-order chi connectivity index (χ0) is 10.1. The summed E-state index contributed by atoms with van der Waals surface area (Å²) in [6.45, 7) is 0. The summed E-state index contributed by atoms with van der Waals surface area (Å²) in [5, 5.41) is 0. The first-order valence-electron chi connectivity index (χ1n) is 3.92. The predicted octanol–water partition coefficient (Wildman–Crippen LogP) is 3.45. The average molecular weight is 321 g/mol. The second-order valence-corrected chi connectivity index (χ2v) is 4.39. The Bertz CT molecular complexity index is 435. The molecule has 0 saturated heterocycles. The summed E-state index contributed by atoms with van der Waals surface area (Å²) in [5.74, 6) is 1.32. The van der Waals surface area contributed by atoms with Gasteiger partial charge in [-0.1, -0.05) is 0 Å². The Morgan fingerprint density at radius 1 is 1.21 bits per heavy atom. The van der Waals surface area contributed by atoms with Gasteiger partial charge in [0.05, 0.1) is 10.7 Å². The van der Waals surface area contributed by atoms with Crippen molar-refractivity contribution in [2.75, 3.05) is 0 Å². The molecule has 0 saturated carbocycles. The summed E-state index contributed by atoms with van der Waals surface area (Å²) in [6, 6.07) is 5.02. The molecule has 0 bridgehead atoms. The average Bonchev–Trinajstić information content (AvgIpc) is 2.73. The van der Waals surface area contributed by atoms with E-state index in [-0.39, 0.29) is 6.04 Å². The number of rotatable bonds is 2. The van der Waals surface area contributed by atoms with E-state index in [0.717, 1.165) is 4.47 Å². The largest absolute Gasteiger partial charge is 0.466 e. The molecule has 0 aliphatic rings. The van der Waals surface area contributed by atoms with E-state index in [1.807, 2.05) is 6.07 Å². The van der Waals surface area contributed by atoms with Gasteiger partial charge in [0, 0.05) is 0 Å². The Morgan fingerprint density at radius 2 is 2.00 bits per heavy atom. The van der Waals surface area contributed by atoms with Gasteiger partial charge < -0.3 is 14.6 Å². The minimum Gasteiger partial charge on any atom is -0.466 e. The van der Waals surface area contributed by atoms with Gasteiger partial charge in [-0.3, -0.25) is 0 Å². The highest BCUT2D eigenvalue weighted by atomic mass is 79.9. The fourth-order valence-electron chi connectivity index (χ4n) is 1.15. The number of furan rings is 2. The van der Waals surface area contributed by atoms with Gasteiger partial charge in [0.2, 0.25) is 0 Å². The Kier molecular flexibility index (Phi) is 2.80. The molecule has 2 rings (SSSR count). The molecule has 2 heterocycles. The van der Waals surface area contributed by atoms with Crippen LogP contribution in [0.4, 0.5) is 0 Å². The summed E-state index contributed by atoms with van der Waals surface area (Å²) in [6.07, 6.45) is 1.58. The van der Waals surface area contributed by atoms with Gasteiger partial charge in [0.1, 0.15) is 17.6 Å². The van der Waals surface area contributed by atoms with E-state index in [1.165, 1.54) is 0 Å². The third kappa shape index (κ3) is 1.80. The molecule has 74 valence electrons. The fraction of sp³-hybridized carbons (Fsp3) is 0.111. The predicted molar refractivity (Wildman–Crippen MR) is 58.8 cm³/mol. The molecule has 3 nitrogen and oxygen atoms in total. The van der Waals surface area contributed by atoms with Crippen LogP contribution in [0.15, 0.2) is 42.4 Å². The Balaban J connectivity index is 2.33. The summed E-state index contributed by atoms with van der Waals surface area (Å²) < 4.78 is 12.1. The van der Waals surface area contributed by atoms with Crippen molar-refractivity contribution >= 4 is 31.9 Å². The van der Waals surface area contributed by atoms with E-state index in [1.54, 1.807) is 18.4 Å². The monoisotopic (exact) mass is 319 g/mol. The smallest absolute Gasteiger partial charge is 0.169 e. The Morgan fingerprint density at radius 3 is 2.50 bits per heavy atom. The van der Waals surface area contributed by atoms with Gasteiger partial charge in [-0.15, -0.1) is 0 Å². The van der Waals surface area contributed by atoms with Crippen LogP contribution in [0, 0.1) is 0 Å². The van der Waals surface area contributed by atoms with Gasteiger partial charge in [0.15, 0.2) is 4.67 Å². The maximum atomic E-state index is 5.94. The normalized spacial score (nSPS) is 13.1. The number of hydrogen-bond donors (Lipinski definition) is 1. The first-order chi connectivity index (χ1) is 6.68. The van der Waals surface area contributed by atoms with Crippen LogP contribution < -0.4 is 5.73 Å². The Hall–Kier alpha value is -0.520. The minimum atomic E-state index is -0.384. The van der Waals surface area contributed by atoms with E-state index in [0.29, 0.717) is 16.2 Å². The van der Waals surface area contributed by atoms with Crippen molar-refractivity contribution in [3.8, 4) is 0 Å². The lowest BCUT2D eigenvalue weighted by molar-refractivity contribution is 0.421. The molecule has 1 unspecified atom stereocenters. The van der Waals surface area contributed by atoms with E-state index in [2.05, 4.69) is 31.9 Å². The van der Waals surface area contributed by atoms with Crippen molar-refractivity contribution in [1.82, 2.24) is 0 Å². The highest BCUT2D eigenvalue weighted by Gasteiger charge is 2.18. The number of halogens is 2. The van der Waals surface area contributed by atoms with Crippen LogP contribution in [0.5, 0.6) is 0 Å². The van der Waals surface area contributed by atoms with Crippen molar-refractivity contribution in [2.24, 2.45) is 5.73 Å². The molecule has 2 aromatic heterocycles. The van der Waals surface area contributed by atoms with Crippen molar-refractivity contribution in [3.05, 3.63) is 45.1 Å². The van der Waals surface area contributed by atoms with E-state index in [4.69, 9.17) is 14.6 Å². The van der Waals surface area contributed by atoms with Crippen LogP contribution in [-0.2, 0) is 0 Å². The quantitative estimate of drug-likeness (QED) is 0.922. The fourth-order valence-corrected chi connectivity index (χ4v) is 1.92. The van der Waals surface area contributed by atoms with Crippen LogP contribution >= 0.6 is 31.9 Å². The summed E-state index contributed by atoms with van der Waals surface area (Å²) in [4.78, 5) is 0. The molecule has 0 amide bonds. The maximum absolute atomic E-state index is 5.94. The summed E-state index contributed by atoms with van der Waals surface area (Å²) >= 11 is 6.56. The zero-order valence-corrected chi connectivity index (χ0v) is 10.2. The molecule has 1 atom stereocenters. The highest BCUT2D eigenvalue weighted by Crippen LogP contribution is 2.29. The molecule has 0 aliphatic carbocycles. The molecule has 0 aliphatic heterocycles. The molecular weight excluding hydrogens is 314 g/mol. The highest BCUT2D eigenvalue weighted by molar-refractivity contribution is 9.10. The first kappa shape index (κ1) is 10.0. The lowest BCUT2D eigenvalue weighted by Crippen LogP contribution is -2.10. The minimum absolute atomic E-state index is 0.384. The summed E-state index contributed by atoms with van der Waals surface area (Å²) in [7, 11) is 0. The molecule has 5 heteroatoms. The second kappa shape index (κ2) is 3.92. The number of hydrogen-bond acceptors (Lipinski definition) is 3. The first-order valence-corrected chi connectivity index (χ1v) is 5.51. The van der Waals surface area contributed by atoms with Crippen LogP contribution in [-0.4, -0.2) is 0 Å². The second-order valence-electron chi connectivity index (χ2n) is 2.75. The molecule has 2 N–H and O–H groups in total. The van der Waals surface area contributed by atoms with Gasteiger partial charge in [0.25, 0.3) is 0 Å². The van der Waals surface area contributed by atoms with Crippen LogP contribution in [0.25, 0.3) is 0 Å². The lowest BCUT2D eigenvalue weighted by Gasteiger charge is -2.05. The van der Waals surface area contributed by atoms with Gasteiger partial charge in [-0.25, -0.2) is 0 Å². The van der Waals surface area contributed by atoms with E-state index in [9.17, 15) is 0 Å². The molecule has 0 spiro atoms. The lowest BCUT2D eigenvalue weighted by atomic mass is 10.2. The third-order valence-corrected chi connectivity index (χ3v) is 2.91. The van der Waals surface area contributed by atoms with Gasteiger partial charge >= 0.3 is 0 Å². The van der Waals surface area contributed by atoms with Crippen molar-refractivity contribution < 1.29 is 8.83 Å². The van der Waals surface area contributed by atoms with Crippen molar-refractivity contribution in [2.45, 2.75) is 6.04 Å². The molecule has 0 aromatic carbocycles. The van der Waals surface area contributed by atoms with Crippen molar-refractivity contribution in [3.63, 3.8) is 0 Å². The number of nitrogens with two attached hydrogens (primary N) is 1. The molecular formula is C9H7Br2NO2. The topological polar surface area (TPSA) is 52.3 Å². The maximum Gasteiger partial charge on any atom is 0.169 e. The zero-order valence-electron chi connectivity index (χ0n) is 7.04. The third-order valence-electron chi connectivity index (χ3n) is 1.83.